The smallest absolute Gasteiger partial charge is 0.146 e. The largest absolute Gasteiger partial charge is 0.271 e. The molecule has 0 radical (unpaired) electrons. The van der Waals surface area contributed by atoms with Gasteiger partial charge in [-0.1, -0.05) is 24.3 Å². The van der Waals surface area contributed by atoms with Crippen molar-refractivity contribution in [3.63, 3.8) is 0 Å². The fraction of sp³-hybridized carbons (Fsp3) is 0.214. The van der Waals surface area contributed by atoms with Crippen LogP contribution in [-0.4, -0.2) is 4.98 Å². The lowest BCUT2D eigenvalue weighted by Gasteiger charge is -2.18. The Balaban J connectivity index is 2.26. The Kier molecular flexibility index (Phi) is 4.02. The number of pyridine rings is 1. The second-order valence-corrected chi connectivity index (χ2v) is 4.25. The second kappa shape index (κ2) is 5.71. The summed E-state index contributed by atoms with van der Waals surface area (Å²) in [6.07, 6.45) is 3.42. The van der Waals surface area contributed by atoms with Crippen molar-refractivity contribution in [1.29, 1.82) is 0 Å². The van der Waals surface area contributed by atoms with Crippen LogP contribution >= 0.6 is 0 Å². The second-order valence-electron chi connectivity index (χ2n) is 4.25. The van der Waals surface area contributed by atoms with Gasteiger partial charge in [0, 0.05) is 11.8 Å². The average Bonchev–Trinajstić information content (AvgIpc) is 2.39. The van der Waals surface area contributed by atoms with Crippen LogP contribution in [0.5, 0.6) is 0 Å². The Morgan fingerprint density at radius 1 is 1.33 bits per heavy atom. The lowest BCUT2D eigenvalue weighted by Crippen LogP contribution is -2.30. The number of halogens is 1. The number of hydrazine groups is 1. The molecule has 0 saturated heterocycles. The van der Waals surface area contributed by atoms with Crippen LogP contribution in [-0.2, 0) is 6.42 Å². The standard InChI is InChI=1S/C14H16FN3/c1-10-4-2-3-5-11(10)8-14(18-16)12-6-7-17-9-13(12)15/h2-7,9,14,18H,8,16H2,1H3. The molecule has 0 aliphatic heterocycles. The Hall–Kier alpha value is -1.78. The Morgan fingerprint density at radius 2 is 2.11 bits per heavy atom. The van der Waals surface area contributed by atoms with E-state index in [1.165, 1.54) is 11.8 Å². The first kappa shape index (κ1) is 12.7. The summed E-state index contributed by atoms with van der Waals surface area (Å²) in [4.78, 5) is 3.74. The van der Waals surface area contributed by atoms with Crippen LogP contribution < -0.4 is 11.3 Å². The van der Waals surface area contributed by atoms with E-state index in [1.54, 1.807) is 12.3 Å². The van der Waals surface area contributed by atoms with E-state index >= 15 is 0 Å². The van der Waals surface area contributed by atoms with Gasteiger partial charge in [0.05, 0.1) is 12.2 Å². The van der Waals surface area contributed by atoms with E-state index in [4.69, 9.17) is 5.84 Å². The Morgan fingerprint density at radius 3 is 2.78 bits per heavy atom. The van der Waals surface area contributed by atoms with Gasteiger partial charge in [-0.3, -0.25) is 16.3 Å². The summed E-state index contributed by atoms with van der Waals surface area (Å²) in [7, 11) is 0. The monoisotopic (exact) mass is 245 g/mol. The highest BCUT2D eigenvalue weighted by molar-refractivity contribution is 5.29. The molecule has 0 spiro atoms. The maximum atomic E-state index is 13.7. The highest BCUT2D eigenvalue weighted by atomic mass is 19.1. The van der Waals surface area contributed by atoms with Gasteiger partial charge in [0.25, 0.3) is 0 Å². The first-order chi connectivity index (χ1) is 8.72. The molecule has 0 fully saturated rings. The Bertz CT molecular complexity index is 528. The van der Waals surface area contributed by atoms with Crippen molar-refractivity contribution in [1.82, 2.24) is 10.4 Å². The molecule has 1 unspecified atom stereocenters. The lowest BCUT2D eigenvalue weighted by atomic mass is 9.97. The molecule has 1 atom stereocenters. The van der Waals surface area contributed by atoms with Gasteiger partial charge in [0.2, 0.25) is 0 Å². The summed E-state index contributed by atoms with van der Waals surface area (Å²) in [6.45, 7) is 2.03. The van der Waals surface area contributed by atoms with Gasteiger partial charge in [-0.15, -0.1) is 0 Å². The van der Waals surface area contributed by atoms with Gasteiger partial charge in [-0.05, 0) is 30.5 Å². The van der Waals surface area contributed by atoms with Crippen LogP contribution in [0.3, 0.4) is 0 Å². The van der Waals surface area contributed by atoms with Gasteiger partial charge in [0.1, 0.15) is 5.82 Å². The third-order valence-corrected chi connectivity index (χ3v) is 3.07. The molecule has 0 saturated carbocycles. The van der Waals surface area contributed by atoms with Crippen LogP contribution in [0.25, 0.3) is 0 Å². The van der Waals surface area contributed by atoms with Gasteiger partial charge >= 0.3 is 0 Å². The molecule has 0 aliphatic carbocycles. The third kappa shape index (κ3) is 2.72. The number of hydrogen-bond acceptors (Lipinski definition) is 3. The number of benzene rings is 1. The van der Waals surface area contributed by atoms with Crippen LogP contribution in [0.1, 0.15) is 22.7 Å². The molecule has 94 valence electrons. The molecule has 1 aromatic heterocycles. The molecule has 3 nitrogen and oxygen atoms in total. The van der Waals surface area contributed by atoms with Gasteiger partial charge in [-0.25, -0.2) is 4.39 Å². The Labute approximate surface area is 106 Å². The van der Waals surface area contributed by atoms with Gasteiger partial charge < -0.3 is 0 Å². The van der Waals surface area contributed by atoms with E-state index in [9.17, 15) is 4.39 Å². The van der Waals surface area contributed by atoms with Crippen molar-refractivity contribution in [3.05, 3.63) is 65.2 Å². The first-order valence-electron chi connectivity index (χ1n) is 5.82. The number of aromatic nitrogens is 1. The van der Waals surface area contributed by atoms with E-state index in [0.29, 0.717) is 12.0 Å². The predicted molar refractivity (Wildman–Crippen MR) is 69.1 cm³/mol. The summed E-state index contributed by atoms with van der Waals surface area (Å²) in [5, 5.41) is 0. The molecule has 4 heteroatoms. The normalized spacial score (nSPS) is 12.4. The van der Waals surface area contributed by atoms with Crippen LogP contribution in [0, 0.1) is 12.7 Å². The van der Waals surface area contributed by atoms with E-state index < -0.39 is 0 Å². The van der Waals surface area contributed by atoms with Gasteiger partial charge in [0.15, 0.2) is 0 Å². The van der Waals surface area contributed by atoms with Crippen molar-refractivity contribution in [2.45, 2.75) is 19.4 Å². The van der Waals surface area contributed by atoms with Crippen LogP contribution in [0.2, 0.25) is 0 Å². The summed E-state index contributed by atoms with van der Waals surface area (Å²) in [5.74, 6) is 5.20. The molecular weight excluding hydrogens is 229 g/mol. The molecule has 3 N–H and O–H groups in total. The van der Waals surface area contributed by atoms with Crippen LogP contribution in [0.4, 0.5) is 4.39 Å². The molecule has 2 rings (SSSR count). The van der Waals surface area contributed by atoms with E-state index in [0.717, 1.165) is 5.56 Å². The molecule has 1 heterocycles. The minimum atomic E-state index is -0.339. The summed E-state index contributed by atoms with van der Waals surface area (Å²) in [5.41, 5.74) is 5.53. The molecule has 18 heavy (non-hydrogen) atoms. The molecule has 0 aliphatic rings. The topological polar surface area (TPSA) is 50.9 Å². The summed E-state index contributed by atoms with van der Waals surface area (Å²) < 4.78 is 13.7. The molecule has 1 aromatic carbocycles. The maximum absolute atomic E-state index is 13.7. The number of nitrogens with one attached hydrogen (secondary N) is 1. The third-order valence-electron chi connectivity index (χ3n) is 3.07. The number of nitrogens with two attached hydrogens (primary N) is 1. The quantitative estimate of drug-likeness (QED) is 0.642. The highest BCUT2D eigenvalue weighted by Crippen LogP contribution is 2.21. The minimum absolute atomic E-state index is 0.255. The van der Waals surface area contributed by atoms with Crippen LogP contribution in [0.15, 0.2) is 42.7 Å². The lowest BCUT2D eigenvalue weighted by molar-refractivity contribution is 0.507. The number of rotatable bonds is 4. The molecule has 0 bridgehead atoms. The molecular formula is C14H16FN3. The van der Waals surface area contributed by atoms with Crippen molar-refractivity contribution in [2.24, 2.45) is 5.84 Å². The van der Waals surface area contributed by atoms with Crippen molar-refractivity contribution >= 4 is 0 Å². The fourth-order valence-corrected chi connectivity index (χ4v) is 1.99. The molecule has 0 amide bonds. The summed E-state index contributed by atoms with van der Waals surface area (Å²) >= 11 is 0. The fourth-order valence-electron chi connectivity index (χ4n) is 1.99. The average molecular weight is 245 g/mol. The van der Waals surface area contributed by atoms with Crippen molar-refractivity contribution in [2.75, 3.05) is 0 Å². The van der Waals surface area contributed by atoms with E-state index in [2.05, 4.69) is 10.4 Å². The number of aryl methyl sites for hydroxylation is 1. The maximum Gasteiger partial charge on any atom is 0.146 e. The van der Waals surface area contributed by atoms with E-state index in [-0.39, 0.29) is 11.9 Å². The van der Waals surface area contributed by atoms with Crippen molar-refractivity contribution < 1.29 is 4.39 Å². The molecule has 2 aromatic rings. The summed E-state index contributed by atoms with van der Waals surface area (Å²) in [6, 6.07) is 9.41. The zero-order valence-corrected chi connectivity index (χ0v) is 10.2. The zero-order valence-electron chi connectivity index (χ0n) is 10.2. The van der Waals surface area contributed by atoms with Crippen molar-refractivity contribution in [3.8, 4) is 0 Å². The zero-order chi connectivity index (χ0) is 13.0. The minimum Gasteiger partial charge on any atom is -0.271 e. The highest BCUT2D eigenvalue weighted by Gasteiger charge is 2.15. The van der Waals surface area contributed by atoms with Gasteiger partial charge in [-0.2, -0.15) is 0 Å². The first-order valence-corrected chi connectivity index (χ1v) is 5.82. The number of nitrogens with zero attached hydrogens (tertiary/aromatic N) is 1. The predicted octanol–water partition coefficient (Wildman–Crippen LogP) is 2.28. The van der Waals surface area contributed by atoms with E-state index in [1.807, 2.05) is 31.2 Å². The SMILES string of the molecule is Cc1ccccc1CC(NN)c1ccncc1F. The number of hydrogen-bond donors (Lipinski definition) is 2.